The molecule has 0 unspecified atom stereocenters. The second-order valence-electron chi connectivity index (χ2n) is 10.8. The summed E-state index contributed by atoms with van der Waals surface area (Å²) >= 11 is 0. The van der Waals surface area contributed by atoms with Crippen LogP contribution in [0.2, 0.25) is 0 Å². The number of hydrogen-bond acceptors (Lipinski definition) is 5. The minimum atomic E-state index is -0.261. The van der Waals surface area contributed by atoms with Gasteiger partial charge in [0.05, 0.1) is 11.3 Å². The van der Waals surface area contributed by atoms with E-state index in [1.165, 1.54) is 32.1 Å². The molecule has 0 spiro atoms. The van der Waals surface area contributed by atoms with Gasteiger partial charge in [-0.05, 0) is 63.9 Å². The Morgan fingerprint density at radius 2 is 1.86 bits per heavy atom. The lowest BCUT2D eigenvalue weighted by Crippen LogP contribution is -2.48. The minimum absolute atomic E-state index is 0.0570. The van der Waals surface area contributed by atoms with E-state index >= 15 is 0 Å². The number of anilines is 1. The van der Waals surface area contributed by atoms with Crippen molar-refractivity contribution < 1.29 is 14.3 Å². The number of fused-ring (bicyclic) bond motifs is 1. The summed E-state index contributed by atoms with van der Waals surface area (Å²) in [4.78, 5) is 34.8. The Hall–Kier alpha value is -2.93. The van der Waals surface area contributed by atoms with Gasteiger partial charge < -0.3 is 19.9 Å². The molecule has 7 heteroatoms. The first-order valence-electron chi connectivity index (χ1n) is 13.3. The van der Waals surface area contributed by atoms with Crippen LogP contribution in [0.15, 0.2) is 42.7 Å². The maximum absolute atomic E-state index is 13.6. The molecule has 2 heterocycles. The molecule has 2 aromatic rings. The zero-order valence-corrected chi connectivity index (χ0v) is 22.1. The monoisotopic (exact) mass is 492 g/mol. The van der Waals surface area contributed by atoms with Crippen molar-refractivity contribution in [3.63, 3.8) is 0 Å². The molecule has 2 atom stereocenters. The normalized spacial score (nSPS) is 21.1. The van der Waals surface area contributed by atoms with Gasteiger partial charge in [0.2, 0.25) is 0 Å². The lowest BCUT2D eigenvalue weighted by Gasteiger charge is -2.38. The smallest absolute Gasteiger partial charge is 0.257 e. The van der Waals surface area contributed by atoms with Crippen LogP contribution in [0.5, 0.6) is 5.75 Å². The van der Waals surface area contributed by atoms with Gasteiger partial charge in [-0.2, -0.15) is 0 Å². The highest BCUT2D eigenvalue weighted by molar-refractivity contribution is 6.07. The maximum Gasteiger partial charge on any atom is 0.257 e. The van der Waals surface area contributed by atoms with Gasteiger partial charge >= 0.3 is 0 Å². The molecule has 0 radical (unpaired) electrons. The maximum atomic E-state index is 13.6. The van der Waals surface area contributed by atoms with Gasteiger partial charge in [0.1, 0.15) is 6.10 Å². The fourth-order valence-electron chi connectivity index (χ4n) is 5.42. The largest absolute Gasteiger partial charge is 0.486 e. The molecule has 1 aromatic carbocycles. The lowest BCUT2D eigenvalue weighted by atomic mass is 9.89. The first kappa shape index (κ1) is 26.1. The van der Waals surface area contributed by atoms with E-state index in [1.807, 2.05) is 18.7 Å². The second kappa shape index (κ2) is 11.9. The number of benzene rings is 1. The number of rotatable bonds is 7. The Labute approximate surface area is 215 Å². The molecule has 0 bridgehead atoms. The molecular formula is C29H40N4O3. The van der Waals surface area contributed by atoms with Gasteiger partial charge in [-0.25, -0.2) is 0 Å². The van der Waals surface area contributed by atoms with Gasteiger partial charge in [0.25, 0.3) is 11.8 Å². The topological polar surface area (TPSA) is 74.8 Å². The molecule has 1 N–H and O–H groups in total. The van der Waals surface area contributed by atoms with E-state index in [2.05, 4.69) is 29.2 Å². The van der Waals surface area contributed by atoms with Crippen LogP contribution in [0.3, 0.4) is 0 Å². The number of carbonyl (C=O) groups excluding carboxylic acids is 2. The van der Waals surface area contributed by atoms with E-state index in [0.717, 1.165) is 19.0 Å². The third kappa shape index (κ3) is 6.25. The number of para-hydroxylation sites is 1. The minimum Gasteiger partial charge on any atom is -0.486 e. The van der Waals surface area contributed by atoms with Gasteiger partial charge in [-0.1, -0.05) is 32.3 Å². The van der Waals surface area contributed by atoms with Gasteiger partial charge in [-0.3, -0.25) is 14.6 Å². The van der Waals surface area contributed by atoms with Crippen molar-refractivity contribution in [2.45, 2.75) is 65.0 Å². The Bertz CT molecular complexity index is 1040. The average Bonchev–Trinajstić information content (AvgIpc) is 2.87. The van der Waals surface area contributed by atoms with Crippen molar-refractivity contribution >= 4 is 17.5 Å². The lowest BCUT2D eigenvalue weighted by molar-refractivity contribution is 0.0419. The van der Waals surface area contributed by atoms with Crippen LogP contribution in [0.1, 0.15) is 73.6 Å². The molecule has 1 fully saturated rings. The molecule has 7 nitrogen and oxygen atoms in total. The summed E-state index contributed by atoms with van der Waals surface area (Å²) < 4.78 is 6.66. The summed E-state index contributed by atoms with van der Waals surface area (Å²) in [6.45, 7) is 8.71. The van der Waals surface area contributed by atoms with E-state index in [4.69, 9.17) is 4.74 Å². The molecule has 1 aliphatic heterocycles. The van der Waals surface area contributed by atoms with Crippen molar-refractivity contribution in [1.29, 1.82) is 0 Å². The molecular weight excluding hydrogens is 452 g/mol. The van der Waals surface area contributed by atoms with Crippen LogP contribution < -0.4 is 10.1 Å². The summed E-state index contributed by atoms with van der Waals surface area (Å²) in [5.74, 6) is 0.994. The number of pyridine rings is 1. The van der Waals surface area contributed by atoms with E-state index in [9.17, 15) is 9.59 Å². The third-order valence-corrected chi connectivity index (χ3v) is 7.50. The molecule has 1 saturated carbocycles. The third-order valence-electron chi connectivity index (χ3n) is 7.50. The van der Waals surface area contributed by atoms with E-state index < -0.39 is 0 Å². The number of amides is 2. The van der Waals surface area contributed by atoms with Crippen molar-refractivity contribution in [2.75, 3.05) is 32.0 Å². The van der Waals surface area contributed by atoms with Crippen LogP contribution in [0.4, 0.5) is 5.69 Å². The Morgan fingerprint density at radius 3 is 2.56 bits per heavy atom. The zero-order valence-electron chi connectivity index (χ0n) is 22.1. The Morgan fingerprint density at radius 1 is 1.14 bits per heavy atom. The zero-order chi connectivity index (χ0) is 25.7. The van der Waals surface area contributed by atoms with Crippen molar-refractivity contribution in [2.24, 2.45) is 11.8 Å². The van der Waals surface area contributed by atoms with Gasteiger partial charge in [-0.15, -0.1) is 0 Å². The molecule has 4 rings (SSSR count). The second-order valence-corrected chi connectivity index (χ2v) is 10.8. The highest BCUT2D eigenvalue weighted by Crippen LogP contribution is 2.35. The van der Waals surface area contributed by atoms with E-state index in [0.29, 0.717) is 29.1 Å². The molecule has 36 heavy (non-hydrogen) atoms. The van der Waals surface area contributed by atoms with Crippen LogP contribution in [0, 0.1) is 11.8 Å². The quantitative estimate of drug-likeness (QED) is 0.583. The number of ether oxygens (including phenoxy) is 1. The first-order valence-corrected chi connectivity index (χ1v) is 13.3. The summed E-state index contributed by atoms with van der Waals surface area (Å²) in [6.07, 6.45) is 9.67. The highest BCUT2D eigenvalue weighted by atomic mass is 16.5. The van der Waals surface area contributed by atoms with Crippen molar-refractivity contribution in [3.05, 3.63) is 53.9 Å². The van der Waals surface area contributed by atoms with Crippen molar-refractivity contribution in [3.8, 4) is 5.75 Å². The SMILES string of the molecule is CC(C)N1C[C@H](C)[C@@H](CN(C)CC2CCCCC2)Oc2c(NC(=O)c3ccncc3)cccc2C1=O. The average molecular weight is 493 g/mol. The van der Waals surface area contributed by atoms with Crippen molar-refractivity contribution in [1.82, 2.24) is 14.8 Å². The molecule has 0 saturated heterocycles. The predicted octanol–water partition coefficient (Wildman–Crippen LogP) is 5.09. The summed E-state index contributed by atoms with van der Waals surface area (Å²) in [6, 6.07) is 8.80. The fourth-order valence-corrected chi connectivity index (χ4v) is 5.42. The Kier molecular flexibility index (Phi) is 8.62. The van der Waals surface area contributed by atoms with Crippen LogP contribution in [-0.2, 0) is 0 Å². The standard InChI is InChI=1S/C29H40N4O3/c1-20(2)33-17-21(3)26(19-32(4)18-22-9-6-5-7-10-22)36-27-24(29(33)35)11-8-12-25(27)31-28(34)23-13-15-30-16-14-23/h8,11-16,20-22,26H,5-7,9-10,17-19H2,1-4H3,(H,31,34)/t21-,26+/m0/s1. The predicted molar refractivity (Wildman–Crippen MR) is 142 cm³/mol. The van der Waals surface area contributed by atoms with Gasteiger partial charge in [0, 0.05) is 49.6 Å². The summed E-state index contributed by atoms with van der Waals surface area (Å²) in [5.41, 5.74) is 1.50. The molecule has 2 aliphatic rings. The summed E-state index contributed by atoms with van der Waals surface area (Å²) in [7, 11) is 2.17. The highest BCUT2D eigenvalue weighted by Gasteiger charge is 2.34. The number of carbonyl (C=O) groups is 2. The number of aromatic nitrogens is 1. The molecule has 2 amide bonds. The molecule has 194 valence electrons. The first-order chi connectivity index (χ1) is 17.3. The molecule has 1 aliphatic carbocycles. The molecule has 1 aromatic heterocycles. The van der Waals surface area contributed by atoms with E-state index in [-0.39, 0.29) is 29.9 Å². The number of likely N-dealkylation sites (N-methyl/N-ethyl adjacent to an activating group) is 1. The summed E-state index contributed by atoms with van der Waals surface area (Å²) in [5, 5.41) is 2.98. The Balaban J connectivity index is 1.62. The number of nitrogens with zero attached hydrogens (tertiary/aromatic N) is 3. The fraction of sp³-hybridized carbons (Fsp3) is 0.552. The number of hydrogen-bond donors (Lipinski definition) is 1. The van der Waals surface area contributed by atoms with Gasteiger partial charge in [0.15, 0.2) is 5.75 Å². The van der Waals surface area contributed by atoms with Crippen LogP contribution in [0.25, 0.3) is 0 Å². The number of nitrogens with one attached hydrogen (secondary N) is 1. The van der Waals surface area contributed by atoms with E-state index in [1.54, 1.807) is 42.7 Å². The van der Waals surface area contributed by atoms with Crippen LogP contribution in [-0.4, -0.2) is 65.4 Å². The van der Waals surface area contributed by atoms with Crippen LogP contribution >= 0.6 is 0 Å².